The fourth-order valence-electron chi connectivity index (χ4n) is 3.07. The molecule has 0 aliphatic carbocycles. The lowest BCUT2D eigenvalue weighted by molar-refractivity contribution is -0.141. The van der Waals surface area contributed by atoms with Gasteiger partial charge in [-0.25, -0.2) is 4.98 Å². The van der Waals surface area contributed by atoms with Crippen molar-refractivity contribution in [2.24, 2.45) is 0 Å². The van der Waals surface area contributed by atoms with E-state index < -0.39 is 17.9 Å². The van der Waals surface area contributed by atoms with Gasteiger partial charge in [-0.15, -0.1) is 0 Å². The van der Waals surface area contributed by atoms with Crippen LogP contribution in [0.4, 0.5) is 0 Å². The van der Waals surface area contributed by atoms with E-state index in [9.17, 15) is 14.4 Å². The first-order chi connectivity index (χ1) is 13.9. The average Bonchev–Trinajstić information content (AvgIpc) is 2.70. The largest absolute Gasteiger partial charge is 0.469 e. The van der Waals surface area contributed by atoms with Crippen molar-refractivity contribution in [1.29, 1.82) is 0 Å². The Morgan fingerprint density at radius 1 is 1.21 bits per heavy atom. The standard InChI is InChI=1S/C21H20BrN3O4/c1-13-23-17-9-4-3-8-16(17)21(28)25(13)12-19(26)24-18(11-20(27)29-2)14-6-5-7-15(22)10-14/h3-10,18H,11-12H2,1-2H3,(H,24,26). The molecule has 29 heavy (non-hydrogen) atoms. The second-order valence-corrected chi connectivity index (χ2v) is 7.44. The third kappa shape index (κ3) is 4.89. The van der Waals surface area contributed by atoms with E-state index in [1.165, 1.54) is 11.7 Å². The molecule has 2 aromatic carbocycles. The van der Waals surface area contributed by atoms with E-state index in [0.29, 0.717) is 16.7 Å². The Hall–Kier alpha value is -3.00. The van der Waals surface area contributed by atoms with Crippen LogP contribution in [0.2, 0.25) is 0 Å². The molecule has 0 aliphatic heterocycles. The molecule has 1 N–H and O–H groups in total. The second kappa shape index (κ2) is 9.00. The quantitative estimate of drug-likeness (QED) is 0.574. The van der Waals surface area contributed by atoms with Crippen LogP contribution in [-0.4, -0.2) is 28.5 Å². The number of rotatable bonds is 6. The zero-order valence-corrected chi connectivity index (χ0v) is 17.6. The summed E-state index contributed by atoms with van der Waals surface area (Å²) in [7, 11) is 1.30. The molecule has 3 aromatic rings. The number of carbonyl (C=O) groups is 2. The van der Waals surface area contributed by atoms with E-state index >= 15 is 0 Å². The van der Waals surface area contributed by atoms with Crippen LogP contribution in [0.15, 0.2) is 57.8 Å². The summed E-state index contributed by atoms with van der Waals surface area (Å²) in [6, 6.07) is 13.7. The van der Waals surface area contributed by atoms with Crippen molar-refractivity contribution in [2.45, 2.75) is 25.9 Å². The Labute approximate surface area is 175 Å². The Morgan fingerprint density at radius 2 is 1.97 bits per heavy atom. The summed E-state index contributed by atoms with van der Waals surface area (Å²) in [5.41, 5.74) is 1.05. The number of nitrogens with zero attached hydrogens (tertiary/aromatic N) is 2. The zero-order valence-electron chi connectivity index (χ0n) is 16.0. The van der Waals surface area contributed by atoms with Gasteiger partial charge in [-0.2, -0.15) is 0 Å². The van der Waals surface area contributed by atoms with E-state index in [1.807, 2.05) is 24.3 Å². The van der Waals surface area contributed by atoms with Crippen LogP contribution in [-0.2, 0) is 20.9 Å². The van der Waals surface area contributed by atoms with E-state index in [4.69, 9.17) is 4.74 Å². The van der Waals surface area contributed by atoms with Crippen LogP contribution in [0.25, 0.3) is 10.9 Å². The summed E-state index contributed by atoms with van der Waals surface area (Å²) in [5, 5.41) is 3.28. The molecule has 7 nitrogen and oxygen atoms in total. The first kappa shape index (κ1) is 20.7. The number of ether oxygens (including phenoxy) is 1. The zero-order chi connectivity index (χ0) is 21.0. The fraction of sp³-hybridized carbons (Fsp3) is 0.238. The van der Waals surface area contributed by atoms with E-state index in [-0.39, 0.29) is 18.5 Å². The van der Waals surface area contributed by atoms with Crippen LogP contribution in [0.1, 0.15) is 23.9 Å². The monoisotopic (exact) mass is 457 g/mol. The summed E-state index contributed by atoms with van der Waals surface area (Å²) >= 11 is 3.39. The van der Waals surface area contributed by atoms with Crippen LogP contribution in [0, 0.1) is 6.92 Å². The number of halogens is 1. The molecule has 8 heteroatoms. The number of aromatic nitrogens is 2. The maximum absolute atomic E-state index is 12.8. The van der Waals surface area contributed by atoms with Crippen LogP contribution < -0.4 is 10.9 Å². The highest BCUT2D eigenvalue weighted by atomic mass is 79.9. The predicted molar refractivity (Wildman–Crippen MR) is 112 cm³/mol. The average molecular weight is 458 g/mol. The molecule has 1 amide bonds. The molecule has 1 heterocycles. The van der Waals surface area contributed by atoms with Crippen LogP contribution in [0.5, 0.6) is 0 Å². The van der Waals surface area contributed by atoms with E-state index in [2.05, 4.69) is 26.2 Å². The van der Waals surface area contributed by atoms with Gasteiger partial charge < -0.3 is 10.1 Å². The molecule has 1 atom stereocenters. The molecule has 3 rings (SSSR count). The number of hydrogen-bond acceptors (Lipinski definition) is 5. The van der Waals surface area contributed by atoms with Crippen molar-refractivity contribution < 1.29 is 14.3 Å². The maximum atomic E-state index is 12.8. The number of nitrogens with one attached hydrogen (secondary N) is 1. The van der Waals surface area contributed by atoms with Crippen LogP contribution in [0.3, 0.4) is 0 Å². The number of methoxy groups -OCH3 is 1. The lowest BCUT2D eigenvalue weighted by Gasteiger charge is -2.19. The number of amides is 1. The summed E-state index contributed by atoms with van der Waals surface area (Å²) in [4.78, 5) is 41.7. The van der Waals surface area contributed by atoms with Gasteiger partial charge in [0.25, 0.3) is 5.56 Å². The molecule has 0 radical (unpaired) electrons. The Kier molecular flexibility index (Phi) is 6.43. The first-order valence-electron chi connectivity index (χ1n) is 8.97. The fourth-order valence-corrected chi connectivity index (χ4v) is 3.49. The van der Waals surface area contributed by atoms with Gasteiger partial charge in [-0.3, -0.25) is 19.0 Å². The normalized spacial score (nSPS) is 11.8. The minimum atomic E-state index is -0.586. The molecule has 0 saturated heterocycles. The van der Waals surface area contributed by atoms with Crippen LogP contribution >= 0.6 is 15.9 Å². The number of para-hydroxylation sites is 1. The molecular weight excluding hydrogens is 438 g/mol. The number of esters is 1. The summed E-state index contributed by atoms with van der Waals surface area (Å²) in [6.45, 7) is 1.48. The van der Waals surface area contributed by atoms with Gasteiger partial charge in [-0.05, 0) is 36.8 Å². The molecule has 150 valence electrons. The highest BCUT2D eigenvalue weighted by Crippen LogP contribution is 2.21. The van der Waals surface area contributed by atoms with Crippen molar-refractivity contribution in [2.75, 3.05) is 7.11 Å². The first-order valence-corrected chi connectivity index (χ1v) is 9.76. The van der Waals surface area contributed by atoms with E-state index in [1.54, 1.807) is 31.2 Å². The van der Waals surface area contributed by atoms with Crippen molar-refractivity contribution in [3.8, 4) is 0 Å². The Balaban J connectivity index is 1.86. The van der Waals surface area contributed by atoms with Gasteiger partial charge >= 0.3 is 5.97 Å². The third-order valence-corrected chi connectivity index (χ3v) is 5.03. The van der Waals surface area contributed by atoms with Crippen molar-refractivity contribution in [1.82, 2.24) is 14.9 Å². The van der Waals surface area contributed by atoms with Crippen molar-refractivity contribution in [3.05, 3.63) is 74.7 Å². The number of fused-ring (bicyclic) bond motifs is 1. The minimum Gasteiger partial charge on any atom is -0.469 e. The molecule has 1 unspecified atom stereocenters. The topological polar surface area (TPSA) is 90.3 Å². The molecule has 0 bridgehead atoms. The highest BCUT2D eigenvalue weighted by Gasteiger charge is 2.20. The summed E-state index contributed by atoms with van der Waals surface area (Å²) in [5.74, 6) is -0.409. The maximum Gasteiger partial charge on any atom is 0.307 e. The molecular formula is C21H20BrN3O4. The van der Waals surface area contributed by atoms with Crippen molar-refractivity contribution in [3.63, 3.8) is 0 Å². The Bertz CT molecular complexity index is 1130. The Morgan fingerprint density at radius 3 is 2.69 bits per heavy atom. The second-order valence-electron chi connectivity index (χ2n) is 6.52. The molecule has 0 fully saturated rings. The smallest absolute Gasteiger partial charge is 0.307 e. The number of benzene rings is 2. The lowest BCUT2D eigenvalue weighted by atomic mass is 10.0. The minimum absolute atomic E-state index is 0.0253. The van der Waals surface area contributed by atoms with Crippen molar-refractivity contribution >= 4 is 38.7 Å². The van der Waals surface area contributed by atoms with Gasteiger partial charge in [0.15, 0.2) is 0 Å². The molecule has 0 aliphatic rings. The summed E-state index contributed by atoms with van der Waals surface area (Å²) in [6.07, 6.45) is -0.0253. The molecule has 0 saturated carbocycles. The van der Waals surface area contributed by atoms with Gasteiger partial charge in [0.05, 0.1) is 30.5 Å². The van der Waals surface area contributed by atoms with E-state index in [0.717, 1.165) is 10.0 Å². The lowest BCUT2D eigenvalue weighted by Crippen LogP contribution is -2.36. The summed E-state index contributed by atoms with van der Waals surface area (Å²) < 4.78 is 6.90. The SMILES string of the molecule is COC(=O)CC(NC(=O)Cn1c(C)nc2ccccc2c1=O)c1cccc(Br)c1. The number of aryl methyl sites for hydroxylation is 1. The van der Waals surface area contributed by atoms with Gasteiger partial charge in [-0.1, -0.05) is 40.2 Å². The van der Waals surface area contributed by atoms with Gasteiger partial charge in [0.2, 0.25) is 5.91 Å². The van der Waals surface area contributed by atoms with Gasteiger partial charge in [0, 0.05) is 4.47 Å². The molecule has 1 aromatic heterocycles. The number of carbonyl (C=O) groups excluding carboxylic acids is 2. The predicted octanol–water partition coefficient (Wildman–Crippen LogP) is 2.89. The highest BCUT2D eigenvalue weighted by molar-refractivity contribution is 9.10. The van der Waals surface area contributed by atoms with Gasteiger partial charge in [0.1, 0.15) is 12.4 Å². The molecule has 0 spiro atoms. The third-order valence-electron chi connectivity index (χ3n) is 4.54. The number of hydrogen-bond donors (Lipinski definition) is 1.